The fourth-order valence-electron chi connectivity index (χ4n) is 2.55. The van der Waals surface area contributed by atoms with E-state index in [-0.39, 0.29) is 31.8 Å². The van der Waals surface area contributed by atoms with E-state index in [0.29, 0.717) is 15.3 Å². The van der Waals surface area contributed by atoms with E-state index in [1.54, 1.807) is 10.9 Å². The number of halogens is 5. The van der Waals surface area contributed by atoms with Gasteiger partial charge in [0.1, 0.15) is 11.5 Å². The van der Waals surface area contributed by atoms with Crippen LogP contribution in [0.15, 0.2) is 24.4 Å². The number of hydrogen-bond acceptors (Lipinski definition) is 2. The van der Waals surface area contributed by atoms with Crippen LogP contribution in [0.4, 0.5) is 23.2 Å². The molecule has 4 nitrogen and oxygen atoms in total. The first-order valence-corrected chi connectivity index (χ1v) is 7.69. The molecule has 24 heavy (non-hydrogen) atoms. The molecule has 1 atom stereocenters. The van der Waals surface area contributed by atoms with Crippen LogP contribution in [0.5, 0.6) is 0 Å². The summed E-state index contributed by atoms with van der Waals surface area (Å²) in [5.74, 6) is -1.81. The summed E-state index contributed by atoms with van der Waals surface area (Å²) >= 11 is 1.96. The molecule has 0 unspecified atom stereocenters. The summed E-state index contributed by atoms with van der Waals surface area (Å²) in [4.78, 5) is 13.8. The number of aromatic nitrogens is 2. The van der Waals surface area contributed by atoms with Crippen LogP contribution in [0.25, 0.3) is 0 Å². The van der Waals surface area contributed by atoms with E-state index in [1.807, 2.05) is 29.5 Å². The lowest BCUT2D eigenvalue weighted by Crippen LogP contribution is -2.43. The largest absolute Gasteiger partial charge is 0.419 e. The summed E-state index contributed by atoms with van der Waals surface area (Å²) in [6.45, 7) is 2.03. The van der Waals surface area contributed by atoms with E-state index in [2.05, 4.69) is 5.10 Å². The molecule has 0 aliphatic carbocycles. The topological polar surface area (TPSA) is 38.1 Å². The average molecular weight is 473 g/mol. The van der Waals surface area contributed by atoms with Gasteiger partial charge < -0.3 is 4.90 Å². The van der Waals surface area contributed by atoms with E-state index < -0.39 is 23.5 Å². The van der Waals surface area contributed by atoms with Gasteiger partial charge in [0.15, 0.2) is 0 Å². The zero-order valence-corrected chi connectivity index (χ0v) is 15.4. The van der Waals surface area contributed by atoms with Crippen molar-refractivity contribution in [1.29, 1.82) is 0 Å². The number of rotatable bonds is 1. The van der Waals surface area contributed by atoms with Crippen molar-refractivity contribution >= 4 is 47.7 Å². The van der Waals surface area contributed by atoms with Gasteiger partial charge in [0.05, 0.1) is 21.4 Å². The van der Waals surface area contributed by atoms with E-state index in [4.69, 9.17) is 0 Å². The number of alkyl halides is 3. The molecule has 0 saturated carbocycles. The standard InChI is InChI=1S/C14H10F4IN3O.H2S/c1-7-6-21(13(23)12-11(19)5-20-22(7)12)8-2-3-9(10(15)4-8)14(16,17)18;/h2-5,7H,6H2,1H3;1H2/t7-;/m0./s1. The van der Waals surface area contributed by atoms with Crippen LogP contribution in [0.1, 0.15) is 29.0 Å². The number of hydrogen-bond donors (Lipinski definition) is 0. The first kappa shape index (κ1) is 19.0. The van der Waals surface area contributed by atoms with Crippen molar-refractivity contribution in [2.75, 3.05) is 11.4 Å². The molecule has 130 valence electrons. The molecule has 0 bridgehead atoms. The van der Waals surface area contributed by atoms with Crippen LogP contribution in [0.2, 0.25) is 0 Å². The second kappa shape index (κ2) is 6.54. The number of anilines is 1. The highest BCUT2D eigenvalue weighted by atomic mass is 127. The third-order valence-corrected chi connectivity index (χ3v) is 4.42. The predicted molar refractivity (Wildman–Crippen MR) is 93.1 cm³/mol. The summed E-state index contributed by atoms with van der Waals surface area (Å²) in [7, 11) is 0. The van der Waals surface area contributed by atoms with Crippen molar-refractivity contribution in [3.05, 3.63) is 45.0 Å². The molecule has 0 N–H and O–H groups in total. The van der Waals surface area contributed by atoms with Gasteiger partial charge in [-0.15, -0.1) is 0 Å². The van der Waals surface area contributed by atoms with Gasteiger partial charge in [0.2, 0.25) is 0 Å². The maximum atomic E-state index is 13.8. The second-order valence-electron chi connectivity index (χ2n) is 5.21. The number of amides is 1. The van der Waals surface area contributed by atoms with Crippen LogP contribution in [-0.2, 0) is 6.18 Å². The number of benzene rings is 1. The third-order valence-electron chi connectivity index (χ3n) is 3.63. The first-order valence-electron chi connectivity index (χ1n) is 6.61. The highest BCUT2D eigenvalue weighted by Gasteiger charge is 2.36. The molecular weight excluding hydrogens is 461 g/mol. The molecule has 1 aliphatic heterocycles. The quantitative estimate of drug-likeness (QED) is 0.465. The number of carbonyl (C=O) groups is 1. The lowest BCUT2D eigenvalue weighted by atomic mass is 10.1. The first-order chi connectivity index (χ1) is 10.7. The minimum absolute atomic E-state index is 0. The minimum atomic E-state index is -4.77. The van der Waals surface area contributed by atoms with Crippen LogP contribution in [0, 0.1) is 9.39 Å². The Morgan fingerprint density at radius 3 is 2.58 bits per heavy atom. The Balaban J connectivity index is 0.00000208. The zero-order chi connectivity index (χ0) is 16.9. The SMILES string of the molecule is C[C@H]1CN(c2ccc(C(F)(F)F)c(F)c2)C(=O)c2c(I)cnn21.S. The molecule has 2 heterocycles. The van der Waals surface area contributed by atoms with Gasteiger partial charge in [-0.2, -0.15) is 31.8 Å². The number of carbonyl (C=O) groups excluding carboxylic acids is 1. The van der Waals surface area contributed by atoms with Crippen LogP contribution in [0.3, 0.4) is 0 Å². The maximum absolute atomic E-state index is 13.8. The minimum Gasteiger partial charge on any atom is -0.305 e. The molecule has 0 spiro atoms. The second-order valence-corrected chi connectivity index (χ2v) is 6.37. The molecule has 10 heteroatoms. The normalized spacial score (nSPS) is 17.5. The Morgan fingerprint density at radius 1 is 1.33 bits per heavy atom. The van der Waals surface area contributed by atoms with Gasteiger partial charge in [-0.25, -0.2) is 4.39 Å². The fourth-order valence-corrected chi connectivity index (χ4v) is 3.15. The van der Waals surface area contributed by atoms with Crippen molar-refractivity contribution in [3.63, 3.8) is 0 Å². The lowest BCUT2D eigenvalue weighted by molar-refractivity contribution is -0.139. The van der Waals surface area contributed by atoms with Crippen molar-refractivity contribution < 1.29 is 22.4 Å². The number of fused-ring (bicyclic) bond motifs is 1. The van der Waals surface area contributed by atoms with E-state index in [0.717, 1.165) is 12.1 Å². The monoisotopic (exact) mass is 473 g/mol. The highest BCUT2D eigenvalue weighted by Crippen LogP contribution is 2.34. The van der Waals surface area contributed by atoms with Gasteiger partial charge in [0, 0.05) is 12.2 Å². The fraction of sp³-hybridized carbons (Fsp3) is 0.286. The third kappa shape index (κ3) is 3.13. The molecule has 2 aromatic rings. The Kier molecular flexibility index (Phi) is 5.19. The molecule has 0 radical (unpaired) electrons. The summed E-state index contributed by atoms with van der Waals surface area (Å²) in [5.41, 5.74) is -0.904. The summed E-state index contributed by atoms with van der Waals surface area (Å²) in [5, 5.41) is 4.12. The zero-order valence-electron chi connectivity index (χ0n) is 12.2. The molecule has 0 saturated heterocycles. The Hall–Kier alpha value is -1.30. The molecule has 1 aromatic heterocycles. The molecule has 1 aromatic carbocycles. The van der Waals surface area contributed by atoms with Crippen LogP contribution in [-0.4, -0.2) is 22.2 Å². The Bertz CT molecular complexity index is 793. The highest BCUT2D eigenvalue weighted by molar-refractivity contribution is 14.1. The van der Waals surface area contributed by atoms with Crippen molar-refractivity contribution in [2.45, 2.75) is 19.1 Å². The average Bonchev–Trinajstić information content (AvgIpc) is 2.84. The van der Waals surface area contributed by atoms with Gasteiger partial charge in [-0.1, -0.05) is 0 Å². The molecular formula is C14H12F4IN3OS. The van der Waals surface area contributed by atoms with Crippen molar-refractivity contribution in [3.8, 4) is 0 Å². The van der Waals surface area contributed by atoms with Crippen molar-refractivity contribution in [1.82, 2.24) is 9.78 Å². The summed E-state index contributed by atoms with van der Waals surface area (Å²) < 4.78 is 53.9. The predicted octanol–water partition coefficient (Wildman–Crippen LogP) is 3.98. The van der Waals surface area contributed by atoms with E-state index >= 15 is 0 Å². The van der Waals surface area contributed by atoms with Crippen molar-refractivity contribution in [2.24, 2.45) is 0 Å². The molecule has 0 fully saturated rings. The summed E-state index contributed by atoms with van der Waals surface area (Å²) in [6.07, 6.45) is -3.23. The Labute approximate surface area is 155 Å². The molecule has 3 rings (SSSR count). The number of nitrogens with zero attached hydrogens (tertiary/aromatic N) is 3. The van der Waals surface area contributed by atoms with E-state index in [9.17, 15) is 22.4 Å². The lowest BCUT2D eigenvalue weighted by Gasteiger charge is -2.32. The van der Waals surface area contributed by atoms with E-state index in [1.165, 1.54) is 4.90 Å². The van der Waals surface area contributed by atoms with Gasteiger partial charge in [0.25, 0.3) is 5.91 Å². The Morgan fingerprint density at radius 2 is 2.00 bits per heavy atom. The van der Waals surface area contributed by atoms with Gasteiger partial charge in [-0.05, 0) is 47.7 Å². The van der Waals surface area contributed by atoms with Crippen LogP contribution < -0.4 is 4.90 Å². The maximum Gasteiger partial charge on any atom is 0.419 e. The summed E-state index contributed by atoms with van der Waals surface area (Å²) in [6, 6.07) is 2.33. The van der Waals surface area contributed by atoms with Gasteiger partial charge in [-0.3, -0.25) is 9.48 Å². The molecule has 1 amide bonds. The van der Waals surface area contributed by atoms with Gasteiger partial charge >= 0.3 is 6.18 Å². The van der Waals surface area contributed by atoms with Crippen LogP contribution >= 0.6 is 36.1 Å². The molecule has 1 aliphatic rings. The smallest absolute Gasteiger partial charge is 0.305 e.